The fourth-order valence-electron chi connectivity index (χ4n) is 0.945. The summed E-state index contributed by atoms with van der Waals surface area (Å²) in [6.45, 7) is 0.514. The highest BCUT2D eigenvalue weighted by Crippen LogP contribution is 2.27. The van der Waals surface area contributed by atoms with Crippen LogP contribution < -0.4 is 10.1 Å². The lowest BCUT2D eigenvalue weighted by Gasteiger charge is -2.01. The van der Waals surface area contributed by atoms with E-state index in [9.17, 15) is 4.79 Å². The Kier molecular flexibility index (Phi) is 3.30. The summed E-state index contributed by atoms with van der Waals surface area (Å²) < 4.78 is -0.108. The van der Waals surface area contributed by atoms with E-state index in [0.717, 1.165) is 16.0 Å². The summed E-state index contributed by atoms with van der Waals surface area (Å²) in [7, 11) is 2.46. The van der Waals surface area contributed by atoms with Crippen LogP contribution in [0.3, 0.4) is 0 Å². The van der Waals surface area contributed by atoms with Crippen LogP contribution in [-0.4, -0.2) is 9.97 Å². The number of hydrogen-bond donors (Lipinski definition) is 1. The van der Waals surface area contributed by atoms with Crippen molar-refractivity contribution in [1.82, 2.24) is 9.97 Å². The molecule has 0 radical (unpaired) electrons. The second-order valence-electron chi connectivity index (χ2n) is 2.65. The molecule has 0 atom stereocenters. The van der Waals surface area contributed by atoms with Gasteiger partial charge >= 0.3 is 0 Å². The van der Waals surface area contributed by atoms with Gasteiger partial charge in [-0.25, -0.2) is 0 Å². The highest BCUT2D eigenvalue weighted by Gasteiger charge is 2.07. The standard InChI is InChI=1S/C8H6ClN3OS2/c9-6-7(14-15-8(6)13)12-4-5-3-10-1-2-11-5/h1-3,12H,4H2. The van der Waals surface area contributed by atoms with Gasteiger partial charge in [0.15, 0.2) is 0 Å². The SMILES string of the molecule is O=c1ssc(NCc2cnccn2)c1Cl. The van der Waals surface area contributed by atoms with Crippen molar-refractivity contribution in [3.8, 4) is 0 Å². The van der Waals surface area contributed by atoms with E-state index in [1.165, 1.54) is 10.3 Å². The lowest BCUT2D eigenvalue weighted by atomic mass is 10.4. The van der Waals surface area contributed by atoms with Crippen LogP contribution in [0.25, 0.3) is 0 Å². The molecule has 0 aliphatic carbocycles. The highest BCUT2D eigenvalue weighted by atomic mass is 35.5. The van der Waals surface area contributed by atoms with Crippen molar-refractivity contribution in [2.24, 2.45) is 0 Å². The maximum atomic E-state index is 11.1. The molecule has 2 rings (SSSR count). The molecule has 4 nitrogen and oxygen atoms in total. The third kappa shape index (κ3) is 2.53. The number of nitrogens with one attached hydrogen (secondary N) is 1. The predicted molar refractivity (Wildman–Crippen MR) is 62.8 cm³/mol. The van der Waals surface area contributed by atoms with Crippen molar-refractivity contribution < 1.29 is 0 Å². The van der Waals surface area contributed by atoms with Gasteiger partial charge in [-0.2, -0.15) is 0 Å². The number of nitrogens with zero attached hydrogens (tertiary/aromatic N) is 2. The molecule has 2 aromatic heterocycles. The molecule has 15 heavy (non-hydrogen) atoms. The molecule has 0 unspecified atom stereocenters. The summed E-state index contributed by atoms with van der Waals surface area (Å²) in [5, 5.41) is 3.99. The first-order chi connectivity index (χ1) is 7.27. The molecule has 0 spiro atoms. The number of hydrogen-bond acceptors (Lipinski definition) is 6. The van der Waals surface area contributed by atoms with Crippen LogP contribution in [0.1, 0.15) is 5.69 Å². The molecular weight excluding hydrogens is 254 g/mol. The van der Waals surface area contributed by atoms with Gasteiger partial charge in [0.1, 0.15) is 10.0 Å². The quantitative estimate of drug-likeness (QED) is 0.859. The van der Waals surface area contributed by atoms with E-state index in [2.05, 4.69) is 15.3 Å². The zero-order chi connectivity index (χ0) is 10.7. The summed E-state index contributed by atoms with van der Waals surface area (Å²) >= 11 is 5.78. The third-order valence-corrected chi connectivity index (χ3v) is 4.37. The lowest BCUT2D eigenvalue weighted by molar-refractivity contribution is 1.01. The van der Waals surface area contributed by atoms with Crippen LogP contribution in [0, 0.1) is 0 Å². The van der Waals surface area contributed by atoms with Gasteiger partial charge in [-0.1, -0.05) is 21.9 Å². The fourth-order valence-corrected chi connectivity index (χ4v) is 3.37. The minimum atomic E-state index is -0.108. The Morgan fingerprint density at radius 3 is 2.87 bits per heavy atom. The molecule has 78 valence electrons. The van der Waals surface area contributed by atoms with E-state index in [1.54, 1.807) is 18.6 Å². The third-order valence-electron chi connectivity index (χ3n) is 1.63. The summed E-state index contributed by atoms with van der Waals surface area (Å²) in [5.41, 5.74) is 0.805. The molecule has 0 aromatic carbocycles. The minimum absolute atomic E-state index is 0.108. The van der Waals surface area contributed by atoms with E-state index in [-0.39, 0.29) is 9.77 Å². The molecular formula is C8H6ClN3OS2. The number of anilines is 1. The summed E-state index contributed by atoms with van der Waals surface area (Å²) in [5.74, 6) is 0. The maximum Gasteiger partial charge on any atom is 0.263 e. The van der Waals surface area contributed by atoms with Gasteiger partial charge in [0.05, 0.1) is 18.4 Å². The van der Waals surface area contributed by atoms with Gasteiger partial charge in [-0.05, 0) is 10.3 Å². The zero-order valence-corrected chi connectivity index (χ0v) is 9.83. The van der Waals surface area contributed by atoms with Crippen molar-refractivity contribution in [2.75, 3.05) is 5.32 Å². The smallest absolute Gasteiger partial charge is 0.263 e. The molecule has 7 heteroatoms. The predicted octanol–water partition coefficient (Wildman–Crippen LogP) is 2.23. The monoisotopic (exact) mass is 259 g/mol. The average Bonchev–Trinajstić information content (AvgIpc) is 2.59. The first-order valence-corrected chi connectivity index (χ1v) is 6.57. The number of halogens is 1. The molecule has 0 bridgehead atoms. The van der Waals surface area contributed by atoms with Gasteiger partial charge in [-0.3, -0.25) is 14.8 Å². The Labute approximate surface area is 98.0 Å². The Morgan fingerprint density at radius 1 is 1.40 bits per heavy atom. The van der Waals surface area contributed by atoms with E-state index >= 15 is 0 Å². The van der Waals surface area contributed by atoms with Crippen molar-refractivity contribution >= 4 is 37.3 Å². The molecule has 0 saturated heterocycles. The van der Waals surface area contributed by atoms with Gasteiger partial charge in [0.25, 0.3) is 4.74 Å². The second kappa shape index (κ2) is 4.69. The van der Waals surface area contributed by atoms with Crippen molar-refractivity contribution in [3.05, 3.63) is 38.8 Å². The highest BCUT2D eigenvalue weighted by molar-refractivity contribution is 7.70. The van der Waals surface area contributed by atoms with Crippen molar-refractivity contribution in [1.29, 1.82) is 0 Å². The maximum absolute atomic E-state index is 11.1. The van der Waals surface area contributed by atoms with Crippen LogP contribution in [0.4, 0.5) is 5.00 Å². The first-order valence-electron chi connectivity index (χ1n) is 4.05. The molecule has 2 heterocycles. The average molecular weight is 260 g/mol. The van der Waals surface area contributed by atoms with E-state index in [4.69, 9.17) is 11.6 Å². The summed E-state index contributed by atoms with van der Waals surface area (Å²) in [6, 6.07) is 0. The Hall–Kier alpha value is -0.980. The summed E-state index contributed by atoms with van der Waals surface area (Å²) in [4.78, 5) is 19.1. The summed E-state index contributed by atoms with van der Waals surface area (Å²) in [6.07, 6.45) is 4.89. The first kappa shape index (κ1) is 10.5. The molecule has 0 aliphatic heterocycles. The number of aromatic nitrogens is 2. The van der Waals surface area contributed by atoms with Crippen LogP contribution in [0.2, 0.25) is 5.02 Å². The number of rotatable bonds is 3. The Morgan fingerprint density at radius 2 is 2.27 bits per heavy atom. The molecule has 0 fully saturated rings. The van der Waals surface area contributed by atoms with E-state index in [1.807, 2.05) is 0 Å². The molecule has 1 N–H and O–H groups in total. The largest absolute Gasteiger partial charge is 0.369 e. The fraction of sp³-hybridized carbons (Fsp3) is 0.125. The lowest BCUT2D eigenvalue weighted by Crippen LogP contribution is -2.01. The molecule has 0 amide bonds. The van der Waals surface area contributed by atoms with Crippen LogP contribution in [-0.2, 0) is 6.54 Å². The van der Waals surface area contributed by atoms with Gasteiger partial charge in [0, 0.05) is 12.4 Å². The zero-order valence-electron chi connectivity index (χ0n) is 7.44. The van der Waals surface area contributed by atoms with Gasteiger partial charge in [0.2, 0.25) is 0 Å². The molecule has 0 aliphatic rings. The Balaban J connectivity index is 2.06. The van der Waals surface area contributed by atoms with Gasteiger partial charge in [-0.15, -0.1) is 0 Å². The van der Waals surface area contributed by atoms with E-state index < -0.39 is 0 Å². The second-order valence-corrected chi connectivity index (χ2v) is 5.14. The van der Waals surface area contributed by atoms with Gasteiger partial charge < -0.3 is 5.32 Å². The van der Waals surface area contributed by atoms with Crippen LogP contribution in [0.15, 0.2) is 23.4 Å². The Bertz CT molecular complexity index is 496. The van der Waals surface area contributed by atoms with E-state index in [0.29, 0.717) is 11.5 Å². The molecule has 2 aromatic rings. The van der Waals surface area contributed by atoms with Crippen molar-refractivity contribution in [2.45, 2.75) is 6.54 Å². The topological polar surface area (TPSA) is 54.9 Å². The van der Waals surface area contributed by atoms with Crippen molar-refractivity contribution in [3.63, 3.8) is 0 Å². The molecule has 0 saturated carbocycles. The minimum Gasteiger partial charge on any atom is -0.369 e. The normalized spacial score (nSPS) is 10.2. The van der Waals surface area contributed by atoms with Crippen LogP contribution >= 0.6 is 32.3 Å². The van der Waals surface area contributed by atoms with Crippen LogP contribution in [0.5, 0.6) is 0 Å².